The van der Waals surface area contributed by atoms with E-state index in [1.165, 1.54) is 6.07 Å². The third-order valence-electron chi connectivity index (χ3n) is 9.56. The molecule has 7 nitrogen and oxygen atoms in total. The standard InChI is InChI=1S/C30H31ClF2N6O/c31-21-12-19-27(26(33)24(21)20-13-34-23-5-1-4-22(32)25(20)23)36-29(40-16-30-8-2-10-39(30)11-3-9-30)37-28(19)38-14-17-6-7-18(15-38)35-17/h1,4-5,12-13,17-18,34-35H,2-3,6-11,14-16H2/t17-,18+. The Bertz CT molecular complexity index is 1620. The first-order valence-corrected chi connectivity index (χ1v) is 14.7. The first-order chi connectivity index (χ1) is 19.5. The van der Waals surface area contributed by atoms with Crippen molar-refractivity contribution in [2.75, 3.05) is 37.7 Å². The zero-order valence-corrected chi connectivity index (χ0v) is 22.9. The third kappa shape index (κ3) is 3.81. The Hall–Kier alpha value is -3.01. The highest BCUT2D eigenvalue weighted by atomic mass is 35.5. The lowest BCUT2D eigenvalue weighted by molar-refractivity contribution is 0.108. The van der Waals surface area contributed by atoms with Crippen molar-refractivity contribution in [1.29, 1.82) is 0 Å². The molecule has 2 aromatic heterocycles. The molecular formula is C30H31ClF2N6O. The first-order valence-electron chi connectivity index (χ1n) is 14.3. The number of benzene rings is 2. The van der Waals surface area contributed by atoms with Gasteiger partial charge < -0.3 is 19.9 Å². The maximum atomic E-state index is 16.6. The van der Waals surface area contributed by atoms with E-state index in [0.29, 0.717) is 46.4 Å². The van der Waals surface area contributed by atoms with Crippen LogP contribution in [0, 0.1) is 11.6 Å². The van der Waals surface area contributed by atoms with E-state index in [2.05, 4.69) is 25.1 Å². The minimum absolute atomic E-state index is 0.0118. The average molecular weight is 565 g/mol. The number of aromatic nitrogens is 3. The van der Waals surface area contributed by atoms with Gasteiger partial charge in [-0.3, -0.25) is 4.90 Å². The molecule has 0 amide bonds. The van der Waals surface area contributed by atoms with Gasteiger partial charge in [0.15, 0.2) is 5.82 Å². The van der Waals surface area contributed by atoms with E-state index in [1.807, 2.05) is 0 Å². The Labute approximate surface area is 235 Å². The van der Waals surface area contributed by atoms with Gasteiger partial charge in [0.05, 0.1) is 10.6 Å². The lowest BCUT2D eigenvalue weighted by atomic mass is 9.95. The van der Waals surface area contributed by atoms with Gasteiger partial charge in [0.1, 0.15) is 23.8 Å². The summed E-state index contributed by atoms with van der Waals surface area (Å²) in [4.78, 5) is 17.3. The molecule has 0 radical (unpaired) electrons. The minimum Gasteiger partial charge on any atom is -0.461 e. The quantitative estimate of drug-likeness (QED) is 0.326. The lowest BCUT2D eigenvalue weighted by Gasteiger charge is -2.35. The van der Waals surface area contributed by atoms with Crippen LogP contribution >= 0.6 is 11.6 Å². The van der Waals surface area contributed by atoms with Gasteiger partial charge in [0, 0.05) is 58.8 Å². The SMILES string of the molecule is Fc1c(-c2c[nH]c3cccc(F)c23)c(Cl)cc2c(N3C[C@H]4CC[C@@H](C3)N4)nc(OCC34CCCN3CCC4)nc12. The zero-order chi connectivity index (χ0) is 27.0. The normalized spacial score (nSPS) is 23.9. The van der Waals surface area contributed by atoms with Crippen LogP contribution in [0.2, 0.25) is 5.02 Å². The lowest BCUT2D eigenvalue weighted by Crippen LogP contribution is -2.51. The van der Waals surface area contributed by atoms with E-state index in [9.17, 15) is 4.39 Å². The van der Waals surface area contributed by atoms with Crippen LogP contribution in [0.3, 0.4) is 0 Å². The van der Waals surface area contributed by atoms with E-state index < -0.39 is 11.6 Å². The fourth-order valence-electron chi connectivity index (χ4n) is 7.68. The molecule has 4 aliphatic rings. The molecule has 8 rings (SSSR count). The van der Waals surface area contributed by atoms with Crippen LogP contribution < -0.4 is 15.0 Å². The number of rotatable bonds is 5. The van der Waals surface area contributed by atoms with Gasteiger partial charge in [-0.05, 0) is 69.8 Å². The summed E-state index contributed by atoms with van der Waals surface area (Å²) < 4.78 is 37.8. The Morgan fingerprint density at radius 2 is 1.85 bits per heavy atom. The van der Waals surface area contributed by atoms with E-state index in [-0.39, 0.29) is 27.7 Å². The molecule has 208 valence electrons. The van der Waals surface area contributed by atoms with Crippen molar-refractivity contribution in [1.82, 2.24) is 25.2 Å². The molecule has 6 heterocycles. The maximum Gasteiger partial charge on any atom is 0.319 e. The molecule has 0 spiro atoms. The van der Waals surface area contributed by atoms with Gasteiger partial charge >= 0.3 is 6.01 Å². The molecule has 4 aromatic rings. The van der Waals surface area contributed by atoms with Crippen molar-refractivity contribution in [2.45, 2.75) is 56.1 Å². The van der Waals surface area contributed by atoms with Crippen molar-refractivity contribution in [3.05, 3.63) is 47.1 Å². The number of ether oxygens (including phenoxy) is 1. The summed E-state index contributed by atoms with van der Waals surface area (Å²) >= 11 is 6.78. The molecule has 40 heavy (non-hydrogen) atoms. The zero-order valence-electron chi connectivity index (χ0n) is 22.2. The molecule has 2 bridgehead atoms. The summed E-state index contributed by atoms with van der Waals surface area (Å²) in [6.07, 6.45) is 8.33. The number of nitrogens with one attached hydrogen (secondary N) is 2. The average Bonchev–Trinajstić information content (AvgIpc) is 3.71. The number of nitrogens with zero attached hydrogens (tertiary/aromatic N) is 4. The number of halogens is 3. The molecule has 4 saturated heterocycles. The van der Waals surface area contributed by atoms with E-state index in [1.54, 1.807) is 24.4 Å². The Morgan fingerprint density at radius 3 is 2.62 bits per heavy atom. The van der Waals surface area contributed by atoms with Gasteiger partial charge in [-0.1, -0.05) is 17.7 Å². The Kier molecular flexibility index (Phi) is 5.73. The highest BCUT2D eigenvalue weighted by Gasteiger charge is 2.45. The summed E-state index contributed by atoms with van der Waals surface area (Å²) in [6, 6.07) is 7.39. The summed E-state index contributed by atoms with van der Waals surface area (Å²) in [7, 11) is 0. The smallest absolute Gasteiger partial charge is 0.319 e. The monoisotopic (exact) mass is 564 g/mol. The predicted molar refractivity (Wildman–Crippen MR) is 152 cm³/mol. The van der Waals surface area contributed by atoms with E-state index >= 15 is 4.39 Å². The predicted octanol–water partition coefficient (Wildman–Crippen LogP) is 5.66. The summed E-state index contributed by atoms with van der Waals surface area (Å²) in [5.41, 5.74) is 1.22. The van der Waals surface area contributed by atoms with E-state index in [4.69, 9.17) is 21.3 Å². The number of anilines is 1. The van der Waals surface area contributed by atoms with Crippen LogP contribution in [0.4, 0.5) is 14.6 Å². The number of H-pyrrole nitrogens is 1. The van der Waals surface area contributed by atoms with Crippen LogP contribution in [-0.4, -0.2) is 70.3 Å². The van der Waals surface area contributed by atoms with Gasteiger partial charge in [-0.25, -0.2) is 8.78 Å². The van der Waals surface area contributed by atoms with Gasteiger partial charge in [-0.2, -0.15) is 9.97 Å². The topological polar surface area (TPSA) is 69.3 Å². The fourth-order valence-corrected chi connectivity index (χ4v) is 7.97. The highest BCUT2D eigenvalue weighted by Crippen LogP contribution is 2.43. The Balaban J connectivity index is 1.27. The van der Waals surface area contributed by atoms with Crippen molar-refractivity contribution in [3.63, 3.8) is 0 Å². The maximum absolute atomic E-state index is 16.6. The summed E-state index contributed by atoms with van der Waals surface area (Å²) in [5, 5.41) is 4.69. The van der Waals surface area contributed by atoms with Crippen molar-refractivity contribution < 1.29 is 13.5 Å². The molecule has 10 heteroatoms. The molecule has 2 aromatic carbocycles. The second-order valence-corrected chi connectivity index (χ2v) is 12.3. The van der Waals surface area contributed by atoms with Crippen molar-refractivity contribution in [2.24, 2.45) is 0 Å². The molecule has 4 fully saturated rings. The van der Waals surface area contributed by atoms with Crippen molar-refractivity contribution >= 4 is 39.2 Å². The largest absolute Gasteiger partial charge is 0.461 e. The van der Waals surface area contributed by atoms with Crippen LogP contribution in [0.1, 0.15) is 38.5 Å². The number of hydrogen-bond acceptors (Lipinski definition) is 6. The van der Waals surface area contributed by atoms with Gasteiger partial charge in [0.2, 0.25) is 0 Å². The number of fused-ring (bicyclic) bond motifs is 5. The van der Waals surface area contributed by atoms with Crippen molar-refractivity contribution in [3.8, 4) is 17.1 Å². The van der Waals surface area contributed by atoms with Crippen LogP contribution in [0.15, 0.2) is 30.5 Å². The molecule has 0 unspecified atom stereocenters. The van der Waals surface area contributed by atoms with Gasteiger partial charge in [-0.15, -0.1) is 0 Å². The molecule has 0 saturated carbocycles. The number of hydrogen-bond donors (Lipinski definition) is 2. The molecular weight excluding hydrogens is 534 g/mol. The fraction of sp³-hybridized carbons (Fsp3) is 0.467. The molecule has 4 aliphatic heterocycles. The summed E-state index contributed by atoms with van der Waals surface area (Å²) in [5.74, 6) is -0.396. The van der Waals surface area contributed by atoms with Crippen LogP contribution in [-0.2, 0) is 0 Å². The molecule has 2 N–H and O–H groups in total. The molecule has 0 aliphatic carbocycles. The van der Waals surface area contributed by atoms with Crippen LogP contribution in [0.25, 0.3) is 32.9 Å². The highest BCUT2D eigenvalue weighted by molar-refractivity contribution is 6.35. The third-order valence-corrected chi connectivity index (χ3v) is 9.86. The van der Waals surface area contributed by atoms with Crippen LogP contribution in [0.5, 0.6) is 6.01 Å². The second-order valence-electron chi connectivity index (χ2n) is 11.9. The second kappa shape index (κ2) is 9.26. The Morgan fingerprint density at radius 1 is 1.07 bits per heavy atom. The first kappa shape index (κ1) is 24.8. The summed E-state index contributed by atoms with van der Waals surface area (Å²) in [6.45, 7) is 4.21. The van der Waals surface area contributed by atoms with E-state index in [0.717, 1.165) is 64.7 Å². The number of aromatic amines is 1. The van der Waals surface area contributed by atoms with Gasteiger partial charge in [0.25, 0.3) is 0 Å². The minimum atomic E-state index is -0.597. The number of piperazine rings is 1. The molecule has 2 atom stereocenters.